The molecule has 0 N–H and O–H groups in total. The molecule has 0 atom stereocenters. The number of rotatable bonds is 2. The summed E-state index contributed by atoms with van der Waals surface area (Å²) in [5.74, 6) is 0. The highest BCUT2D eigenvalue weighted by molar-refractivity contribution is 5.71. The van der Waals surface area contributed by atoms with Crippen molar-refractivity contribution in [3.05, 3.63) is 60.7 Å². The molecule has 0 saturated carbocycles. The minimum atomic E-state index is -0.692. The van der Waals surface area contributed by atoms with Crippen molar-refractivity contribution in [2.24, 2.45) is 0 Å². The van der Waals surface area contributed by atoms with Gasteiger partial charge in [0.05, 0.1) is 12.4 Å². The Bertz CT molecular complexity index is 732. The molecule has 7 nitrogen and oxygen atoms in total. The van der Waals surface area contributed by atoms with E-state index in [4.69, 9.17) is 14.0 Å². The first-order valence-electron chi connectivity index (χ1n) is 7.38. The zero-order valence-electron chi connectivity index (χ0n) is 13.8. The molecule has 24 heavy (non-hydrogen) atoms. The number of hydrogen-bond acceptors (Lipinski definition) is 5. The van der Waals surface area contributed by atoms with Crippen LogP contribution in [0, 0.1) is 0 Å². The number of ether oxygens (including phenoxy) is 2. The Balaban J connectivity index is 2.05. The number of nitrogens with zero attached hydrogens (tertiary/aromatic N) is 2. The van der Waals surface area contributed by atoms with Gasteiger partial charge in [-0.1, -0.05) is 30.3 Å². The van der Waals surface area contributed by atoms with E-state index in [2.05, 4.69) is 0 Å². The molecule has 1 aromatic carbocycles. The van der Waals surface area contributed by atoms with E-state index in [0.29, 0.717) is 0 Å². The van der Waals surface area contributed by atoms with Crippen LogP contribution in [0.15, 0.2) is 59.7 Å². The summed E-state index contributed by atoms with van der Waals surface area (Å²) in [5, 5.41) is 0. The maximum Gasteiger partial charge on any atom is 0.448 e. The normalized spacial score (nSPS) is 10.8. The molecule has 0 spiro atoms. The van der Waals surface area contributed by atoms with Gasteiger partial charge < -0.3 is 14.0 Å². The Morgan fingerprint density at radius 3 is 2.42 bits per heavy atom. The summed E-state index contributed by atoms with van der Waals surface area (Å²) in [5.41, 5.74) is 0.221. The molecular weight excluding hydrogens is 312 g/mol. The molecule has 0 aliphatic rings. The van der Waals surface area contributed by atoms with E-state index < -0.39 is 17.8 Å². The first-order valence-corrected chi connectivity index (χ1v) is 7.38. The van der Waals surface area contributed by atoms with Crippen molar-refractivity contribution in [2.75, 3.05) is 0 Å². The summed E-state index contributed by atoms with van der Waals surface area (Å²) in [6, 6.07) is 9.32. The van der Waals surface area contributed by atoms with Gasteiger partial charge in [0.1, 0.15) is 18.5 Å². The molecule has 128 valence electrons. The van der Waals surface area contributed by atoms with Crippen molar-refractivity contribution in [1.82, 2.24) is 9.31 Å². The molecule has 0 radical (unpaired) electrons. The topological polar surface area (TPSA) is 75.6 Å². The molecule has 0 saturated heterocycles. The number of carbonyl (C=O) groups is 2. The lowest BCUT2D eigenvalue weighted by atomic mass is 10.2. The third-order valence-electron chi connectivity index (χ3n) is 2.75. The largest absolute Gasteiger partial charge is 0.448 e. The van der Waals surface area contributed by atoms with Crippen LogP contribution in [0.2, 0.25) is 0 Å². The molecule has 1 aromatic heterocycles. The average Bonchev–Trinajstić information content (AvgIpc) is 2.78. The first-order chi connectivity index (χ1) is 11.3. The standard InChI is InChI=1S/C17H20N2O5/c1-17(2,3)24-16(21)19-10-9-18(11-12-23-19)15(20)22-13-14-7-5-4-6-8-14/h4-12H,13H2,1-3H3. The van der Waals surface area contributed by atoms with Crippen molar-refractivity contribution in [2.45, 2.75) is 33.0 Å². The second-order valence-electron chi connectivity index (χ2n) is 5.94. The zero-order chi connectivity index (χ0) is 17.6. The third-order valence-corrected chi connectivity index (χ3v) is 2.75. The van der Waals surface area contributed by atoms with E-state index in [1.807, 2.05) is 30.3 Å². The Morgan fingerprint density at radius 2 is 1.75 bits per heavy atom. The van der Waals surface area contributed by atoms with Crippen molar-refractivity contribution >= 4 is 12.2 Å². The zero-order valence-corrected chi connectivity index (χ0v) is 13.8. The Labute approximate surface area is 139 Å². The smallest absolute Gasteiger partial charge is 0.444 e. The van der Waals surface area contributed by atoms with Crippen LogP contribution < -0.4 is 0 Å². The van der Waals surface area contributed by atoms with Gasteiger partial charge in [-0.2, -0.15) is 0 Å². The summed E-state index contributed by atoms with van der Waals surface area (Å²) < 4.78 is 17.5. The van der Waals surface area contributed by atoms with Crippen LogP contribution in [0.4, 0.5) is 9.59 Å². The Hall–Kier alpha value is -2.96. The monoisotopic (exact) mass is 332 g/mol. The first kappa shape index (κ1) is 17.4. The molecular formula is C17H20N2O5. The van der Waals surface area contributed by atoms with Crippen molar-refractivity contribution < 1.29 is 23.6 Å². The predicted molar refractivity (Wildman–Crippen MR) is 86.0 cm³/mol. The number of hydrogen-bond donors (Lipinski definition) is 0. The molecule has 0 aliphatic carbocycles. The molecule has 0 aliphatic heterocycles. The lowest BCUT2D eigenvalue weighted by molar-refractivity contribution is 0.0376. The van der Waals surface area contributed by atoms with Crippen molar-refractivity contribution in [3.8, 4) is 0 Å². The Morgan fingerprint density at radius 1 is 1.04 bits per heavy atom. The van der Waals surface area contributed by atoms with Crippen LogP contribution in [-0.4, -0.2) is 27.1 Å². The molecule has 0 amide bonds. The molecule has 1 heterocycles. The van der Waals surface area contributed by atoms with Crippen LogP contribution in [0.25, 0.3) is 0 Å². The quantitative estimate of drug-likeness (QED) is 0.831. The van der Waals surface area contributed by atoms with E-state index in [1.165, 1.54) is 24.9 Å². The van der Waals surface area contributed by atoms with Crippen LogP contribution in [0.3, 0.4) is 0 Å². The van der Waals surface area contributed by atoms with Gasteiger partial charge in [-0.3, -0.25) is 4.57 Å². The van der Waals surface area contributed by atoms with Crippen molar-refractivity contribution in [1.29, 1.82) is 0 Å². The van der Waals surface area contributed by atoms with Crippen LogP contribution in [-0.2, 0) is 16.1 Å². The van der Waals surface area contributed by atoms with E-state index >= 15 is 0 Å². The summed E-state index contributed by atoms with van der Waals surface area (Å²) in [4.78, 5) is 24.0. The van der Waals surface area contributed by atoms with Gasteiger partial charge in [-0.25, -0.2) is 9.59 Å². The van der Waals surface area contributed by atoms with Crippen LogP contribution in [0.1, 0.15) is 26.3 Å². The minimum absolute atomic E-state index is 0.147. The fraction of sp³-hybridized carbons (Fsp3) is 0.294. The second kappa shape index (κ2) is 7.54. The molecule has 0 unspecified atom stereocenters. The van der Waals surface area contributed by atoms with E-state index in [-0.39, 0.29) is 6.61 Å². The summed E-state index contributed by atoms with van der Waals surface area (Å²) in [6.45, 7) is 5.38. The van der Waals surface area contributed by atoms with Gasteiger partial charge >= 0.3 is 12.2 Å². The summed E-state index contributed by atoms with van der Waals surface area (Å²) >= 11 is 0. The summed E-state index contributed by atoms with van der Waals surface area (Å²) in [6.07, 6.45) is 3.87. The van der Waals surface area contributed by atoms with Gasteiger partial charge in [0.2, 0.25) is 0 Å². The molecule has 2 aromatic rings. The highest BCUT2D eigenvalue weighted by Crippen LogP contribution is 2.08. The maximum atomic E-state index is 12.0. The fourth-order valence-corrected chi connectivity index (χ4v) is 1.70. The number of aromatic nitrogens is 2. The van der Waals surface area contributed by atoms with Gasteiger partial charge in [-0.05, 0) is 26.3 Å². The second-order valence-corrected chi connectivity index (χ2v) is 5.94. The number of carbonyl (C=O) groups excluding carboxylic acids is 2. The minimum Gasteiger partial charge on any atom is -0.444 e. The van der Waals surface area contributed by atoms with E-state index in [0.717, 1.165) is 14.9 Å². The van der Waals surface area contributed by atoms with Gasteiger partial charge in [0.15, 0.2) is 0 Å². The van der Waals surface area contributed by atoms with Gasteiger partial charge in [-0.15, -0.1) is 4.74 Å². The van der Waals surface area contributed by atoms with Crippen LogP contribution in [0.5, 0.6) is 0 Å². The number of benzene rings is 1. The lowest BCUT2D eigenvalue weighted by Crippen LogP contribution is -2.26. The van der Waals surface area contributed by atoms with Gasteiger partial charge in [0, 0.05) is 6.20 Å². The molecule has 0 fully saturated rings. The van der Waals surface area contributed by atoms with Crippen molar-refractivity contribution in [3.63, 3.8) is 0 Å². The maximum absolute atomic E-state index is 12.0. The third kappa shape index (κ3) is 5.35. The Kier molecular flexibility index (Phi) is 5.47. The summed E-state index contributed by atoms with van der Waals surface area (Å²) in [7, 11) is 0. The molecule has 2 rings (SSSR count). The fourth-order valence-electron chi connectivity index (χ4n) is 1.70. The van der Waals surface area contributed by atoms with Crippen LogP contribution >= 0.6 is 0 Å². The lowest BCUT2D eigenvalue weighted by Gasteiger charge is -2.18. The SMILES string of the molecule is CC(C)(C)OC(=O)n1ccn(C(=O)OCc2ccccc2)cco1. The average molecular weight is 332 g/mol. The highest BCUT2D eigenvalue weighted by atomic mass is 16.6. The van der Waals surface area contributed by atoms with Gasteiger partial charge in [0.25, 0.3) is 0 Å². The van der Waals surface area contributed by atoms with E-state index in [9.17, 15) is 9.59 Å². The molecule has 0 bridgehead atoms. The van der Waals surface area contributed by atoms with E-state index in [1.54, 1.807) is 20.8 Å². The molecule has 7 heteroatoms. The predicted octanol–water partition coefficient (Wildman–Crippen LogP) is 3.98. The highest BCUT2D eigenvalue weighted by Gasteiger charge is 2.18.